The maximum Gasteiger partial charge on any atom is 0.303 e. The summed E-state index contributed by atoms with van der Waals surface area (Å²) in [6.45, 7) is 1.69. The highest BCUT2D eigenvalue weighted by Gasteiger charge is 2.36. The number of carbonyl (C=O) groups excluding carboxylic acids is 1. The fourth-order valence-corrected chi connectivity index (χ4v) is 4.50. The van der Waals surface area contributed by atoms with Gasteiger partial charge in [-0.05, 0) is 42.2 Å². The molecule has 4 rings (SSSR count). The second-order valence-electron chi connectivity index (χ2n) is 7.59. The Kier molecular flexibility index (Phi) is 4.98. The van der Waals surface area contributed by atoms with Crippen LogP contribution in [0.4, 0.5) is 0 Å². The first-order valence-electron chi connectivity index (χ1n) is 9.41. The molecule has 0 unspecified atom stereocenters. The first-order chi connectivity index (χ1) is 13.4. The SMILES string of the molecule is O=C(O)CCC(=O)N1C[C@@H]2C[C@H](C1)c1ccc(-c3ccc(Cl)cc3)c(=O)n1C2. The highest BCUT2D eigenvalue weighted by molar-refractivity contribution is 6.30. The van der Waals surface area contributed by atoms with Crippen LogP contribution in [0.15, 0.2) is 41.2 Å². The van der Waals surface area contributed by atoms with E-state index < -0.39 is 5.97 Å². The number of amides is 1. The lowest BCUT2D eigenvalue weighted by atomic mass is 9.82. The number of hydrogen-bond donors (Lipinski definition) is 1. The summed E-state index contributed by atoms with van der Waals surface area (Å²) in [6.07, 6.45) is 0.824. The summed E-state index contributed by atoms with van der Waals surface area (Å²) in [5, 5.41) is 9.43. The number of aromatic nitrogens is 1. The standard InChI is InChI=1S/C21H21ClN2O4/c22-16-3-1-14(2-4-16)17-5-6-18-15-9-13(11-24(18)21(17)28)10-23(12-15)19(25)7-8-20(26)27/h1-6,13,15H,7-12H2,(H,26,27)/t13-,15+/m0/s1. The Labute approximate surface area is 167 Å². The van der Waals surface area contributed by atoms with Crippen LogP contribution in [0.2, 0.25) is 5.02 Å². The Morgan fingerprint density at radius 3 is 2.50 bits per heavy atom. The van der Waals surface area contributed by atoms with E-state index in [1.807, 2.05) is 28.8 Å². The summed E-state index contributed by atoms with van der Waals surface area (Å²) in [5.41, 5.74) is 2.43. The quantitative estimate of drug-likeness (QED) is 0.855. The molecule has 1 fully saturated rings. The van der Waals surface area contributed by atoms with E-state index in [0.29, 0.717) is 30.2 Å². The molecule has 2 bridgehead atoms. The van der Waals surface area contributed by atoms with Crippen molar-refractivity contribution in [2.75, 3.05) is 13.1 Å². The minimum Gasteiger partial charge on any atom is -0.481 e. The molecule has 2 aliphatic rings. The monoisotopic (exact) mass is 400 g/mol. The molecule has 0 saturated carbocycles. The smallest absolute Gasteiger partial charge is 0.303 e. The highest BCUT2D eigenvalue weighted by Crippen LogP contribution is 2.36. The molecule has 2 aliphatic heterocycles. The van der Waals surface area contributed by atoms with E-state index in [9.17, 15) is 14.4 Å². The molecule has 1 amide bonds. The van der Waals surface area contributed by atoms with Gasteiger partial charge in [-0.15, -0.1) is 0 Å². The summed E-state index contributed by atoms with van der Waals surface area (Å²) in [7, 11) is 0. The lowest BCUT2D eigenvalue weighted by Gasteiger charge is -2.43. The number of fused-ring (bicyclic) bond motifs is 4. The van der Waals surface area contributed by atoms with E-state index in [1.54, 1.807) is 17.0 Å². The Morgan fingerprint density at radius 2 is 1.79 bits per heavy atom. The van der Waals surface area contributed by atoms with Crippen molar-refractivity contribution in [3.05, 3.63) is 57.5 Å². The van der Waals surface area contributed by atoms with Crippen molar-refractivity contribution >= 4 is 23.5 Å². The third kappa shape index (κ3) is 3.56. The summed E-state index contributed by atoms with van der Waals surface area (Å²) < 4.78 is 1.85. The van der Waals surface area contributed by atoms with Crippen molar-refractivity contribution in [3.63, 3.8) is 0 Å². The van der Waals surface area contributed by atoms with Gasteiger partial charge in [-0.1, -0.05) is 23.7 Å². The minimum absolute atomic E-state index is 0.0137. The number of benzene rings is 1. The molecule has 1 aromatic heterocycles. The van der Waals surface area contributed by atoms with Crippen LogP contribution >= 0.6 is 11.6 Å². The number of nitrogens with zero attached hydrogens (tertiary/aromatic N) is 2. The van der Waals surface area contributed by atoms with Gasteiger partial charge in [0.15, 0.2) is 0 Å². The van der Waals surface area contributed by atoms with Crippen LogP contribution in [-0.2, 0) is 16.1 Å². The van der Waals surface area contributed by atoms with Gasteiger partial charge >= 0.3 is 5.97 Å². The van der Waals surface area contributed by atoms with Gasteiger partial charge in [0.25, 0.3) is 5.56 Å². The Balaban J connectivity index is 1.60. The molecule has 146 valence electrons. The number of piperidine rings is 1. The fourth-order valence-electron chi connectivity index (χ4n) is 4.37. The van der Waals surface area contributed by atoms with Crippen molar-refractivity contribution in [1.82, 2.24) is 9.47 Å². The van der Waals surface area contributed by atoms with Gasteiger partial charge in [-0.3, -0.25) is 14.4 Å². The minimum atomic E-state index is -0.961. The third-order valence-electron chi connectivity index (χ3n) is 5.66. The Bertz CT molecular complexity index is 983. The summed E-state index contributed by atoms with van der Waals surface area (Å²) in [6, 6.07) is 11.1. The highest BCUT2D eigenvalue weighted by atomic mass is 35.5. The fraction of sp³-hybridized carbons (Fsp3) is 0.381. The second kappa shape index (κ2) is 7.43. The maximum atomic E-state index is 13.1. The van der Waals surface area contributed by atoms with Crippen LogP contribution in [0, 0.1) is 5.92 Å². The third-order valence-corrected chi connectivity index (χ3v) is 5.92. The van der Waals surface area contributed by atoms with Crippen molar-refractivity contribution in [3.8, 4) is 11.1 Å². The molecule has 0 radical (unpaired) electrons. The molecule has 2 atom stereocenters. The van der Waals surface area contributed by atoms with E-state index in [2.05, 4.69) is 0 Å². The van der Waals surface area contributed by atoms with Gasteiger partial charge < -0.3 is 14.6 Å². The van der Waals surface area contributed by atoms with Crippen LogP contribution in [0.25, 0.3) is 11.1 Å². The van der Waals surface area contributed by atoms with Gasteiger partial charge in [0, 0.05) is 48.3 Å². The predicted molar refractivity (Wildman–Crippen MR) is 105 cm³/mol. The molecule has 1 saturated heterocycles. The molecule has 6 nitrogen and oxygen atoms in total. The average molecular weight is 401 g/mol. The largest absolute Gasteiger partial charge is 0.481 e. The number of hydrogen-bond acceptors (Lipinski definition) is 3. The van der Waals surface area contributed by atoms with Crippen LogP contribution in [0.5, 0.6) is 0 Å². The molecule has 1 N–H and O–H groups in total. The number of likely N-dealkylation sites (tertiary alicyclic amines) is 1. The average Bonchev–Trinajstić information content (AvgIpc) is 2.67. The number of carbonyl (C=O) groups is 2. The van der Waals surface area contributed by atoms with Gasteiger partial charge in [-0.25, -0.2) is 0 Å². The van der Waals surface area contributed by atoms with Crippen molar-refractivity contribution in [1.29, 1.82) is 0 Å². The second-order valence-corrected chi connectivity index (χ2v) is 8.02. The molecule has 1 aromatic carbocycles. The van der Waals surface area contributed by atoms with Crippen LogP contribution in [0.3, 0.4) is 0 Å². The van der Waals surface area contributed by atoms with Crippen LogP contribution < -0.4 is 5.56 Å². The molecular formula is C21H21ClN2O4. The van der Waals surface area contributed by atoms with E-state index in [-0.39, 0.29) is 36.1 Å². The van der Waals surface area contributed by atoms with E-state index in [1.165, 1.54) is 0 Å². The lowest BCUT2D eigenvalue weighted by molar-refractivity contribution is -0.141. The van der Waals surface area contributed by atoms with Crippen molar-refractivity contribution < 1.29 is 14.7 Å². The van der Waals surface area contributed by atoms with Crippen molar-refractivity contribution in [2.45, 2.75) is 31.7 Å². The molecular weight excluding hydrogens is 380 g/mol. The predicted octanol–water partition coefficient (Wildman–Crippen LogP) is 2.98. The number of pyridine rings is 1. The Morgan fingerprint density at radius 1 is 1.04 bits per heavy atom. The zero-order valence-electron chi connectivity index (χ0n) is 15.3. The molecule has 0 spiro atoms. The molecule has 7 heteroatoms. The van der Waals surface area contributed by atoms with Gasteiger partial charge in [0.05, 0.1) is 6.42 Å². The zero-order chi connectivity index (χ0) is 19.8. The Hall–Kier alpha value is -2.60. The first kappa shape index (κ1) is 18.7. The summed E-state index contributed by atoms with van der Waals surface area (Å²) in [4.78, 5) is 38.0. The number of halogens is 1. The van der Waals surface area contributed by atoms with Gasteiger partial charge in [-0.2, -0.15) is 0 Å². The zero-order valence-corrected chi connectivity index (χ0v) is 16.1. The normalized spacial score (nSPS) is 20.5. The number of rotatable bonds is 4. The lowest BCUT2D eigenvalue weighted by Crippen LogP contribution is -2.49. The van der Waals surface area contributed by atoms with Crippen LogP contribution in [0.1, 0.15) is 30.9 Å². The summed E-state index contributed by atoms with van der Waals surface area (Å²) in [5.74, 6) is -0.769. The number of aliphatic carboxylic acids is 1. The van der Waals surface area contributed by atoms with Gasteiger partial charge in [0.1, 0.15) is 0 Å². The van der Waals surface area contributed by atoms with Crippen LogP contribution in [-0.4, -0.2) is 39.5 Å². The van der Waals surface area contributed by atoms with E-state index in [4.69, 9.17) is 16.7 Å². The molecule has 2 aromatic rings. The van der Waals surface area contributed by atoms with E-state index in [0.717, 1.165) is 17.7 Å². The van der Waals surface area contributed by atoms with E-state index >= 15 is 0 Å². The molecule has 3 heterocycles. The number of carboxylic acid groups (broad SMARTS) is 1. The van der Waals surface area contributed by atoms with Crippen molar-refractivity contribution in [2.24, 2.45) is 5.92 Å². The topological polar surface area (TPSA) is 79.6 Å². The first-order valence-corrected chi connectivity index (χ1v) is 9.79. The molecule has 28 heavy (non-hydrogen) atoms. The molecule has 0 aliphatic carbocycles. The maximum absolute atomic E-state index is 13.1. The summed E-state index contributed by atoms with van der Waals surface area (Å²) >= 11 is 5.95. The van der Waals surface area contributed by atoms with Gasteiger partial charge in [0.2, 0.25) is 5.91 Å². The number of carboxylic acids is 1.